The number of amides is 3. The molecule has 2 atom stereocenters. The Hall–Kier alpha value is -4.08. The number of alkyl carbamates (subject to hydrolysis) is 2. The van der Waals surface area contributed by atoms with E-state index >= 15 is 0 Å². The van der Waals surface area contributed by atoms with Gasteiger partial charge in [-0.15, -0.1) is 0 Å². The molecule has 3 amide bonds. The molecule has 0 saturated heterocycles. The molecule has 0 saturated carbocycles. The largest absolute Gasteiger partial charge is 0.465 e. The molecule has 50 heavy (non-hydrogen) atoms. The Morgan fingerprint density at radius 1 is 0.700 bits per heavy atom. The maximum absolute atomic E-state index is 13.2. The molecule has 2 aromatic carbocycles. The van der Waals surface area contributed by atoms with Gasteiger partial charge >= 0.3 is 18.2 Å². The highest BCUT2D eigenvalue weighted by atomic mass is 16.6. The summed E-state index contributed by atoms with van der Waals surface area (Å²) in [6.45, 7) is 10.5. The van der Waals surface area contributed by atoms with Crippen LogP contribution in [0.1, 0.15) is 122 Å². The van der Waals surface area contributed by atoms with E-state index in [1.54, 1.807) is 20.8 Å². The summed E-state index contributed by atoms with van der Waals surface area (Å²) in [5.74, 6) is -0.686. The van der Waals surface area contributed by atoms with E-state index in [2.05, 4.69) is 41.9 Å². The number of unbranched alkanes of at least 4 members (excludes halogenated alkanes) is 5. The summed E-state index contributed by atoms with van der Waals surface area (Å²) in [5.41, 5.74) is 3.75. The highest BCUT2D eigenvalue weighted by molar-refractivity contribution is 5.86. The number of benzene rings is 2. The molecule has 0 spiro atoms. The molecule has 1 unspecified atom stereocenters. The fourth-order valence-electron chi connectivity index (χ4n) is 6.18. The Morgan fingerprint density at radius 2 is 1.34 bits per heavy atom. The van der Waals surface area contributed by atoms with E-state index in [1.807, 2.05) is 36.4 Å². The van der Waals surface area contributed by atoms with Crippen LogP contribution in [0.5, 0.6) is 0 Å². The van der Waals surface area contributed by atoms with Gasteiger partial charge in [0.05, 0.1) is 12.5 Å². The number of nitrogens with one attached hydrogen (secondary N) is 3. The van der Waals surface area contributed by atoms with Crippen LogP contribution < -0.4 is 16.0 Å². The minimum Gasteiger partial charge on any atom is -0.465 e. The molecule has 3 N–H and O–H groups in total. The lowest BCUT2D eigenvalue weighted by molar-refractivity contribution is -0.149. The lowest BCUT2D eigenvalue weighted by Crippen LogP contribution is -2.49. The summed E-state index contributed by atoms with van der Waals surface area (Å²) in [6.07, 6.45) is 8.33. The van der Waals surface area contributed by atoms with Gasteiger partial charge in [-0.1, -0.05) is 101 Å². The molecule has 0 radical (unpaired) electrons. The van der Waals surface area contributed by atoms with Crippen molar-refractivity contribution >= 4 is 24.1 Å². The SMILES string of the molecule is CCCCCCC(CCCC)C(=O)OCCCCNC(=O)[C@H](CCNC(=O)OC(C)(C)C)NC(=O)OCC1c2ccccc2-c2ccccc21. The number of hydrogen-bond donors (Lipinski definition) is 3. The average molecular weight is 694 g/mol. The average Bonchev–Trinajstić information content (AvgIpc) is 3.40. The normalized spacial score (nSPS) is 13.4. The van der Waals surface area contributed by atoms with Crippen LogP contribution in [-0.2, 0) is 23.8 Å². The highest BCUT2D eigenvalue weighted by Gasteiger charge is 2.30. The lowest BCUT2D eigenvalue weighted by atomic mass is 9.95. The number of carbonyl (C=O) groups excluding carboxylic acids is 4. The first-order valence-corrected chi connectivity index (χ1v) is 18.6. The van der Waals surface area contributed by atoms with Crippen LogP contribution in [0.2, 0.25) is 0 Å². The number of carbonyl (C=O) groups is 4. The third-order valence-corrected chi connectivity index (χ3v) is 8.81. The maximum atomic E-state index is 13.2. The molecule has 1 aliphatic rings. The second kappa shape index (κ2) is 21.2. The van der Waals surface area contributed by atoms with Crippen LogP contribution in [0.4, 0.5) is 9.59 Å². The minimum absolute atomic E-state index is 0.0504. The fraction of sp³-hybridized carbons (Fsp3) is 0.600. The van der Waals surface area contributed by atoms with Crippen molar-refractivity contribution in [1.29, 1.82) is 0 Å². The molecule has 0 aromatic heterocycles. The van der Waals surface area contributed by atoms with Gasteiger partial charge in [-0.25, -0.2) is 9.59 Å². The van der Waals surface area contributed by atoms with Crippen LogP contribution in [0, 0.1) is 5.92 Å². The molecule has 0 bridgehead atoms. The van der Waals surface area contributed by atoms with Crippen LogP contribution in [-0.4, -0.2) is 62.0 Å². The van der Waals surface area contributed by atoms with E-state index in [0.29, 0.717) is 26.0 Å². The first-order chi connectivity index (χ1) is 24.0. The van der Waals surface area contributed by atoms with Crippen LogP contribution in [0.25, 0.3) is 11.1 Å². The summed E-state index contributed by atoms with van der Waals surface area (Å²) in [5, 5.41) is 8.22. The van der Waals surface area contributed by atoms with E-state index < -0.39 is 29.7 Å². The zero-order valence-corrected chi connectivity index (χ0v) is 30.8. The number of rotatable bonds is 21. The summed E-state index contributed by atoms with van der Waals surface area (Å²) in [4.78, 5) is 51.2. The second-order valence-electron chi connectivity index (χ2n) is 14.1. The molecule has 10 heteroatoms. The van der Waals surface area contributed by atoms with E-state index in [9.17, 15) is 19.2 Å². The topological polar surface area (TPSA) is 132 Å². The van der Waals surface area contributed by atoms with Crippen LogP contribution >= 0.6 is 0 Å². The van der Waals surface area contributed by atoms with Crippen molar-refractivity contribution in [2.75, 3.05) is 26.3 Å². The third kappa shape index (κ3) is 13.7. The zero-order chi connectivity index (χ0) is 36.4. The van der Waals surface area contributed by atoms with Gasteiger partial charge in [-0.2, -0.15) is 0 Å². The first kappa shape index (κ1) is 40.4. The lowest BCUT2D eigenvalue weighted by Gasteiger charge is -2.22. The third-order valence-electron chi connectivity index (χ3n) is 8.81. The van der Waals surface area contributed by atoms with Crippen molar-refractivity contribution in [3.63, 3.8) is 0 Å². The van der Waals surface area contributed by atoms with Crippen molar-refractivity contribution in [1.82, 2.24) is 16.0 Å². The Balaban J connectivity index is 1.49. The van der Waals surface area contributed by atoms with Gasteiger partial charge in [0.15, 0.2) is 0 Å². The summed E-state index contributed by atoms with van der Waals surface area (Å²) >= 11 is 0. The molecule has 3 rings (SSSR count). The van der Waals surface area contributed by atoms with Crippen molar-refractivity contribution in [2.45, 2.75) is 123 Å². The zero-order valence-electron chi connectivity index (χ0n) is 30.8. The Labute approximate surface area is 298 Å². The maximum Gasteiger partial charge on any atom is 0.407 e. The molecule has 276 valence electrons. The molecule has 2 aromatic rings. The van der Waals surface area contributed by atoms with E-state index in [-0.39, 0.29) is 37.4 Å². The predicted molar refractivity (Wildman–Crippen MR) is 196 cm³/mol. The molecular weight excluding hydrogens is 634 g/mol. The van der Waals surface area contributed by atoms with Gasteiger partial charge in [0, 0.05) is 19.0 Å². The van der Waals surface area contributed by atoms with Gasteiger partial charge in [-0.05, 0) is 75.1 Å². The molecule has 0 aliphatic heterocycles. The molecule has 0 heterocycles. The summed E-state index contributed by atoms with van der Waals surface area (Å²) in [7, 11) is 0. The first-order valence-electron chi connectivity index (χ1n) is 18.6. The standard InChI is InChI=1S/C40H59N3O7/c1-6-8-10-11-19-29(18-9-7-2)37(45)48-27-17-16-25-41-36(44)35(24-26-42-38(46)50-40(3,4)5)43-39(47)49-28-34-32-22-14-12-20-30(32)31-21-13-15-23-33(31)34/h12-15,20-23,29,34-35H,6-11,16-19,24-28H2,1-5H3,(H,41,44)(H,42,46)(H,43,47)/t29?,35-/m0/s1. The van der Waals surface area contributed by atoms with E-state index in [0.717, 1.165) is 67.2 Å². The van der Waals surface area contributed by atoms with Crippen molar-refractivity contribution in [3.8, 4) is 11.1 Å². The van der Waals surface area contributed by atoms with Gasteiger partial charge in [0.2, 0.25) is 5.91 Å². The number of esters is 1. The van der Waals surface area contributed by atoms with Crippen LogP contribution in [0.15, 0.2) is 48.5 Å². The van der Waals surface area contributed by atoms with Gasteiger partial charge in [0.25, 0.3) is 0 Å². The van der Waals surface area contributed by atoms with Crippen molar-refractivity contribution < 1.29 is 33.4 Å². The molecule has 10 nitrogen and oxygen atoms in total. The predicted octanol–water partition coefficient (Wildman–Crippen LogP) is 8.02. The van der Waals surface area contributed by atoms with Gasteiger partial charge in [0.1, 0.15) is 18.2 Å². The Bertz CT molecular complexity index is 1330. The van der Waals surface area contributed by atoms with E-state index in [4.69, 9.17) is 14.2 Å². The minimum atomic E-state index is -0.953. The number of ether oxygens (including phenoxy) is 3. The van der Waals surface area contributed by atoms with Gasteiger partial charge in [-0.3, -0.25) is 9.59 Å². The quantitative estimate of drug-likeness (QED) is 0.0685. The molecule has 0 fully saturated rings. The number of fused-ring (bicyclic) bond motifs is 3. The second-order valence-corrected chi connectivity index (χ2v) is 14.1. The highest BCUT2D eigenvalue weighted by Crippen LogP contribution is 2.44. The Morgan fingerprint density at radius 3 is 1.98 bits per heavy atom. The van der Waals surface area contributed by atoms with Crippen molar-refractivity contribution in [2.24, 2.45) is 5.92 Å². The van der Waals surface area contributed by atoms with Gasteiger partial charge < -0.3 is 30.2 Å². The number of hydrogen-bond acceptors (Lipinski definition) is 7. The summed E-state index contributed by atoms with van der Waals surface area (Å²) in [6, 6.07) is 15.2. The molecule has 1 aliphatic carbocycles. The molecular formula is C40H59N3O7. The monoisotopic (exact) mass is 693 g/mol. The Kier molecular flexibility index (Phi) is 17.1. The fourth-order valence-corrected chi connectivity index (χ4v) is 6.18. The van der Waals surface area contributed by atoms with Crippen LogP contribution in [0.3, 0.4) is 0 Å². The van der Waals surface area contributed by atoms with E-state index in [1.165, 1.54) is 6.42 Å². The smallest absolute Gasteiger partial charge is 0.407 e. The van der Waals surface area contributed by atoms with Crippen molar-refractivity contribution in [3.05, 3.63) is 59.7 Å². The summed E-state index contributed by atoms with van der Waals surface area (Å²) < 4.78 is 16.6.